The van der Waals surface area contributed by atoms with Crippen molar-refractivity contribution in [3.63, 3.8) is 0 Å². The maximum atomic E-state index is 12.2. The summed E-state index contributed by atoms with van der Waals surface area (Å²) in [5, 5.41) is 7.41. The number of nitrogens with one attached hydrogen (secondary N) is 1. The van der Waals surface area contributed by atoms with Crippen molar-refractivity contribution in [3.8, 4) is 0 Å². The van der Waals surface area contributed by atoms with Crippen molar-refractivity contribution in [2.45, 2.75) is 50.7 Å². The number of hydrogen-bond acceptors (Lipinski definition) is 5. The zero-order valence-corrected chi connectivity index (χ0v) is 12.2. The van der Waals surface area contributed by atoms with Crippen LogP contribution in [0, 0.1) is 10.8 Å². The van der Waals surface area contributed by atoms with E-state index >= 15 is 0 Å². The van der Waals surface area contributed by atoms with E-state index in [0.29, 0.717) is 30.9 Å². The van der Waals surface area contributed by atoms with Crippen LogP contribution in [0.1, 0.15) is 44.9 Å². The number of carbonyl (C=O) groups excluding carboxylic acids is 1. The molecule has 2 fully saturated rings. The van der Waals surface area contributed by atoms with Crippen LogP contribution in [0.15, 0.2) is 11.3 Å². The van der Waals surface area contributed by atoms with E-state index in [1.165, 1.54) is 0 Å². The largest absolute Gasteiger partial charge is 0.401 e. The Kier molecular flexibility index (Phi) is 3.53. The third kappa shape index (κ3) is 2.00. The molecule has 1 heterocycles. The van der Waals surface area contributed by atoms with Crippen LogP contribution in [0.25, 0.3) is 0 Å². The molecule has 2 aliphatic carbocycles. The van der Waals surface area contributed by atoms with Gasteiger partial charge in [-0.25, -0.2) is 0 Å². The summed E-state index contributed by atoms with van der Waals surface area (Å²) in [5.41, 5.74) is 12.4. The van der Waals surface area contributed by atoms with Gasteiger partial charge in [0.15, 0.2) is 11.6 Å². The molecule has 21 heavy (non-hydrogen) atoms. The van der Waals surface area contributed by atoms with Gasteiger partial charge in [0.2, 0.25) is 5.78 Å². The molecule has 116 valence electrons. The van der Waals surface area contributed by atoms with Crippen molar-refractivity contribution in [1.29, 1.82) is 5.41 Å². The van der Waals surface area contributed by atoms with Gasteiger partial charge in [-0.15, -0.1) is 0 Å². The summed E-state index contributed by atoms with van der Waals surface area (Å²) in [4.78, 5) is 12.2. The number of carbonyl (C=O) groups is 1. The van der Waals surface area contributed by atoms with Crippen LogP contribution < -0.4 is 11.5 Å². The minimum atomic E-state index is -0.682. The first-order valence-corrected chi connectivity index (χ1v) is 7.68. The van der Waals surface area contributed by atoms with E-state index in [2.05, 4.69) is 0 Å². The Morgan fingerprint density at radius 3 is 2.38 bits per heavy atom. The number of nitrogens with two attached hydrogens (primary N) is 2. The summed E-state index contributed by atoms with van der Waals surface area (Å²) in [6.07, 6.45) is 6.09. The SMILES string of the molecule is N=C(N)C(=O)C1=C(N)[C@]2(CCCCC23OCCO3)CCC1. The van der Waals surface area contributed by atoms with E-state index in [1.54, 1.807) is 0 Å². The molecular weight excluding hydrogens is 270 g/mol. The predicted molar refractivity (Wildman–Crippen MR) is 77.5 cm³/mol. The molecule has 1 aliphatic heterocycles. The second kappa shape index (κ2) is 5.10. The van der Waals surface area contributed by atoms with Crippen LogP contribution in [0.2, 0.25) is 0 Å². The van der Waals surface area contributed by atoms with Gasteiger partial charge in [0.25, 0.3) is 0 Å². The number of fused-ring (bicyclic) bond motifs is 1. The first-order chi connectivity index (χ1) is 10.0. The molecule has 3 aliphatic rings. The first-order valence-electron chi connectivity index (χ1n) is 7.68. The van der Waals surface area contributed by atoms with E-state index in [0.717, 1.165) is 38.5 Å². The molecule has 3 rings (SSSR count). The predicted octanol–water partition coefficient (Wildman–Crippen LogP) is 1.19. The monoisotopic (exact) mass is 293 g/mol. The highest BCUT2D eigenvalue weighted by Gasteiger charge is 2.59. The lowest BCUT2D eigenvalue weighted by Gasteiger charge is -2.52. The molecule has 6 heteroatoms. The molecule has 2 spiro atoms. The van der Waals surface area contributed by atoms with Gasteiger partial charge in [-0.2, -0.15) is 0 Å². The summed E-state index contributed by atoms with van der Waals surface area (Å²) in [5.74, 6) is -1.56. The number of ketones is 1. The quantitative estimate of drug-likeness (QED) is 0.523. The summed E-state index contributed by atoms with van der Waals surface area (Å²) < 4.78 is 12.0. The number of ether oxygens (including phenoxy) is 2. The van der Waals surface area contributed by atoms with E-state index in [-0.39, 0.29) is 0 Å². The molecule has 5 N–H and O–H groups in total. The highest BCUT2D eigenvalue weighted by Crippen LogP contribution is 2.57. The molecular formula is C15H23N3O3. The van der Waals surface area contributed by atoms with Crippen LogP contribution in [0.3, 0.4) is 0 Å². The molecule has 0 radical (unpaired) electrons. The fraction of sp³-hybridized carbons (Fsp3) is 0.733. The van der Waals surface area contributed by atoms with E-state index < -0.39 is 22.8 Å². The standard InChI is InChI=1S/C15H23N3O3/c16-12-10(11(19)13(17)18)4-3-6-14(12)5-1-2-7-15(14)20-8-9-21-15/h1-9,16H2,(H3,17,18)/t14-/m0/s1. The van der Waals surface area contributed by atoms with Crippen LogP contribution in [0.4, 0.5) is 0 Å². The molecule has 1 saturated carbocycles. The second-order valence-electron chi connectivity index (χ2n) is 6.23. The fourth-order valence-electron chi connectivity index (χ4n) is 4.27. The van der Waals surface area contributed by atoms with Gasteiger partial charge in [0.1, 0.15) is 0 Å². The molecule has 0 bridgehead atoms. The van der Waals surface area contributed by atoms with E-state index in [4.69, 9.17) is 26.4 Å². The van der Waals surface area contributed by atoms with Gasteiger partial charge in [-0.05, 0) is 32.1 Å². The number of amidine groups is 1. The Balaban J connectivity index is 2.07. The second-order valence-corrected chi connectivity index (χ2v) is 6.23. The minimum Gasteiger partial charge on any atom is -0.401 e. The van der Waals surface area contributed by atoms with Gasteiger partial charge >= 0.3 is 0 Å². The van der Waals surface area contributed by atoms with E-state index in [1.807, 2.05) is 0 Å². The fourth-order valence-corrected chi connectivity index (χ4v) is 4.27. The molecule has 1 atom stereocenters. The molecule has 0 unspecified atom stereocenters. The first kappa shape index (κ1) is 14.5. The highest BCUT2D eigenvalue weighted by molar-refractivity contribution is 6.43. The molecule has 6 nitrogen and oxygen atoms in total. The molecule has 1 saturated heterocycles. The van der Waals surface area contributed by atoms with Crippen molar-refractivity contribution < 1.29 is 14.3 Å². The van der Waals surface area contributed by atoms with Crippen LogP contribution in [-0.4, -0.2) is 30.6 Å². The lowest BCUT2D eigenvalue weighted by atomic mass is 9.61. The van der Waals surface area contributed by atoms with Crippen molar-refractivity contribution in [2.24, 2.45) is 16.9 Å². The summed E-state index contributed by atoms with van der Waals surface area (Å²) >= 11 is 0. The molecule has 0 aromatic rings. The van der Waals surface area contributed by atoms with Gasteiger partial charge in [-0.3, -0.25) is 10.2 Å². The normalized spacial score (nSPS) is 31.8. The lowest BCUT2D eigenvalue weighted by Crippen LogP contribution is -2.56. The lowest BCUT2D eigenvalue weighted by molar-refractivity contribution is -0.248. The zero-order valence-electron chi connectivity index (χ0n) is 12.2. The van der Waals surface area contributed by atoms with Gasteiger partial charge in [0.05, 0.1) is 18.6 Å². The third-order valence-corrected chi connectivity index (χ3v) is 5.23. The van der Waals surface area contributed by atoms with Crippen LogP contribution in [-0.2, 0) is 14.3 Å². The van der Waals surface area contributed by atoms with E-state index in [9.17, 15) is 4.79 Å². The third-order valence-electron chi connectivity index (χ3n) is 5.23. The molecule has 0 aromatic heterocycles. The van der Waals surface area contributed by atoms with Gasteiger partial charge < -0.3 is 20.9 Å². The number of rotatable bonds is 2. The highest BCUT2D eigenvalue weighted by atomic mass is 16.7. The Morgan fingerprint density at radius 1 is 1.10 bits per heavy atom. The maximum absolute atomic E-state index is 12.2. The Morgan fingerprint density at radius 2 is 1.71 bits per heavy atom. The maximum Gasteiger partial charge on any atom is 0.224 e. The number of hydrogen-bond donors (Lipinski definition) is 3. The molecule has 0 amide bonds. The summed E-state index contributed by atoms with van der Waals surface area (Å²) in [6, 6.07) is 0. The van der Waals surface area contributed by atoms with Crippen molar-refractivity contribution in [3.05, 3.63) is 11.3 Å². The summed E-state index contributed by atoms with van der Waals surface area (Å²) in [7, 11) is 0. The molecule has 0 aromatic carbocycles. The van der Waals surface area contributed by atoms with Crippen LogP contribution >= 0.6 is 0 Å². The van der Waals surface area contributed by atoms with Gasteiger partial charge in [-0.1, -0.05) is 6.42 Å². The van der Waals surface area contributed by atoms with Crippen LogP contribution in [0.5, 0.6) is 0 Å². The van der Waals surface area contributed by atoms with Crippen molar-refractivity contribution in [1.82, 2.24) is 0 Å². The zero-order chi connectivity index (χ0) is 15.1. The Hall–Kier alpha value is -1.40. The van der Waals surface area contributed by atoms with Crippen molar-refractivity contribution >= 4 is 11.6 Å². The number of Topliss-reactive ketones (excluding diaryl/α,β-unsaturated/α-hetero) is 1. The average Bonchev–Trinajstić information content (AvgIpc) is 2.94. The Labute approximate surface area is 124 Å². The van der Waals surface area contributed by atoms with Gasteiger partial charge in [0, 0.05) is 17.7 Å². The average molecular weight is 293 g/mol. The topological polar surface area (TPSA) is 111 Å². The summed E-state index contributed by atoms with van der Waals surface area (Å²) in [6.45, 7) is 1.15. The van der Waals surface area contributed by atoms with Crippen molar-refractivity contribution in [2.75, 3.05) is 13.2 Å². The minimum absolute atomic E-state index is 0.430. The smallest absolute Gasteiger partial charge is 0.224 e. The Bertz CT molecular complexity index is 508.